The van der Waals surface area contributed by atoms with Crippen molar-refractivity contribution in [3.8, 4) is 0 Å². The Bertz CT molecular complexity index is 513. The number of carbonyl (C=O) groups excluding carboxylic acids is 1. The van der Waals surface area contributed by atoms with E-state index in [9.17, 15) is 4.79 Å². The molecule has 1 atom stereocenters. The molecule has 0 bridgehead atoms. The summed E-state index contributed by atoms with van der Waals surface area (Å²) in [6.45, 7) is 3.94. The Balaban J connectivity index is 1.65. The molecule has 0 N–H and O–H groups in total. The summed E-state index contributed by atoms with van der Waals surface area (Å²) < 4.78 is 10.5. The van der Waals surface area contributed by atoms with Gasteiger partial charge in [-0.15, -0.1) is 0 Å². The Morgan fingerprint density at radius 2 is 2.04 bits per heavy atom. The Morgan fingerprint density at radius 1 is 1.26 bits per heavy atom. The third-order valence-corrected chi connectivity index (χ3v) is 4.68. The van der Waals surface area contributed by atoms with Crippen LogP contribution in [0.4, 0.5) is 0 Å². The molecule has 7 heteroatoms. The molecule has 2 saturated heterocycles. The minimum absolute atomic E-state index is 0.0670. The molecule has 23 heavy (non-hydrogen) atoms. The van der Waals surface area contributed by atoms with Crippen LogP contribution in [0, 0.1) is 0 Å². The number of likely N-dealkylation sites (tertiary alicyclic amines) is 2. The molecule has 1 aromatic rings. The van der Waals surface area contributed by atoms with E-state index in [1.807, 2.05) is 4.90 Å². The topological polar surface area (TPSA) is 71.7 Å². The number of hydrogen-bond donors (Lipinski definition) is 0. The molecule has 7 nitrogen and oxygen atoms in total. The first-order valence-electron chi connectivity index (χ1n) is 8.61. The molecule has 0 aromatic carbocycles. The normalized spacial score (nSPS) is 22.7. The lowest BCUT2D eigenvalue weighted by molar-refractivity contribution is -0.136. The SMILES string of the molecule is COCCc1noc(C2CCCCN2C(=O)CN2CCCC2)n1. The number of hydrogen-bond acceptors (Lipinski definition) is 6. The largest absolute Gasteiger partial charge is 0.384 e. The van der Waals surface area contributed by atoms with Crippen molar-refractivity contribution in [3.63, 3.8) is 0 Å². The van der Waals surface area contributed by atoms with Crippen LogP contribution in [-0.2, 0) is 16.0 Å². The van der Waals surface area contributed by atoms with E-state index >= 15 is 0 Å². The van der Waals surface area contributed by atoms with Gasteiger partial charge in [-0.2, -0.15) is 4.98 Å². The van der Waals surface area contributed by atoms with Crippen LogP contribution in [0.2, 0.25) is 0 Å². The zero-order chi connectivity index (χ0) is 16.1. The fraction of sp³-hybridized carbons (Fsp3) is 0.812. The van der Waals surface area contributed by atoms with Crippen molar-refractivity contribution >= 4 is 5.91 Å². The van der Waals surface area contributed by atoms with Gasteiger partial charge >= 0.3 is 0 Å². The first-order chi connectivity index (χ1) is 11.3. The van der Waals surface area contributed by atoms with Gasteiger partial charge in [0.25, 0.3) is 0 Å². The van der Waals surface area contributed by atoms with Crippen molar-refractivity contribution in [2.24, 2.45) is 0 Å². The monoisotopic (exact) mass is 322 g/mol. The Labute approximate surface area is 137 Å². The second kappa shape index (κ2) is 7.88. The molecule has 0 radical (unpaired) electrons. The van der Waals surface area contributed by atoms with Crippen molar-refractivity contribution in [1.29, 1.82) is 0 Å². The van der Waals surface area contributed by atoms with Gasteiger partial charge in [-0.25, -0.2) is 0 Å². The van der Waals surface area contributed by atoms with Gasteiger partial charge in [0.05, 0.1) is 13.2 Å². The van der Waals surface area contributed by atoms with Gasteiger partial charge in [0, 0.05) is 20.1 Å². The number of methoxy groups -OCH3 is 1. The summed E-state index contributed by atoms with van der Waals surface area (Å²) in [6.07, 6.45) is 6.07. The average molecular weight is 322 g/mol. The highest BCUT2D eigenvalue weighted by Crippen LogP contribution is 2.30. The fourth-order valence-electron chi connectivity index (χ4n) is 3.41. The van der Waals surface area contributed by atoms with Crippen molar-refractivity contribution in [1.82, 2.24) is 19.9 Å². The van der Waals surface area contributed by atoms with Crippen LogP contribution in [0.5, 0.6) is 0 Å². The Kier molecular flexibility index (Phi) is 5.61. The van der Waals surface area contributed by atoms with Crippen LogP contribution in [0.1, 0.15) is 49.9 Å². The molecular weight excluding hydrogens is 296 g/mol. The summed E-state index contributed by atoms with van der Waals surface area (Å²) in [7, 11) is 1.65. The summed E-state index contributed by atoms with van der Waals surface area (Å²) in [6, 6.07) is -0.0670. The van der Waals surface area contributed by atoms with Gasteiger partial charge < -0.3 is 14.2 Å². The molecule has 0 saturated carbocycles. The number of ether oxygens (including phenoxy) is 1. The molecule has 1 aromatic heterocycles. The average Bonchev–Trinajstić information content (AvgIpc) is 3.24. The Morgan fingerprint density at radius 3 is 2.83 bits per heavy atom. The van der Waals surface area contributed by atoms with E-state index in [-0.39, 0.29) is 11.9 Å². The summed E-state index contributed by atoms with van der Waals surface area (Å²) in [5, 5.41) is 4.01. The van der Waals surface area contributed by atoms with Crippen LogP contribution < -0.4 is 0 Å². The van der Waals surface area contributed by atoms with Gasteiger partial charge in [-0.3, -0.25) is 9.69 Å². The fourth-order valence-corrected chi connectivity index (χ4v) is 3.41. The van der Waals surface area contributed by atoms with Gasteiger partial charge in [-0.1, -0.05) is 5.16 Å². The molecule has 2 fully saturated rings. The quantitative estimate of drug-likeness (QED) is 0.788. The number of piperidine rings is 1. The van der Waals surface area contributed by atoms with Crippen LogP contribution >= 0.6 is 0 Å². The molecule has 0 aliphatic carbocycles. The van der Waals surface area contributed by atoms with Crippen molar-refractivity contribution in [2.45, 2.75) is 44.6 Å². The van der Waals surface area contributed by atoms with Crippen LogP contribution in [0.25, 0.3) is 0 Å². The van der Waals surface area contributed by atoms with Gasteiger partial charge in [0.1, 0.15) is 6.04 Å². The summed E-state index contributed by atoms with van der Waals surface area (Å²) in [4.78, 5) is 21.3. The van der Waals surface area contributed by atoms with E-state index in [0.29, 0.717) is 31.3 Å². The maximum atomic E-state index is 12.7. The van der Waals surface area contributed by atoms with Crippen molar-refractivity contribution in [3.05, 3.63) is 11.7 Å². The lowest BCUT2D eigenvalue weighted by Gasteiger charge is -2.34. The molecular formula is C16H26N4O3. The van der Waals surface area contributed by atoms with E-state index in [2.05, 4.69) is 15.0 Å². The van der Waals surface area contributed by atoms with E-state index in [1.54, 1.807) is 7.11 Å². The van der Waals surface area contributed by atoms with Crippen LogP contribution in [0.3, 0.4) is 0 Å². The van der Waals surface area contributed by atoms with Crippen LogP contribution in [-0.4, -0.2) is 65.7 Å². The third kappa shape index (κ3) is 4.09. The highest BCUT2D eigenvalue weighted by atomic mass is 16.5. The number of carbonyl (C=O) groups is 1. The molecule has 3 rings (SSSR count). The molecule has 2 aliphatic rings. The number of rotatable bonds is 6. The summed E-state index contributed by atoms with van der Waals surface area (Å²) >= 11 is 0. The zero-order valence-corrected chi connectivity index (χ0v) is 13.9. The molecule has 1 unspecified atom stereocenters. The standard InChI is InChI=1S/C16H26N4O3/c1-22-11-7-14-17-16(23-18-14)13-6-2-3-10-20(13)15(21)12-19-8-4-5-9-19/h13H,2-12H2,1H3. The van der Waals surface area contributed by atoms with Gasteiger partial charge in [0.15, 0.2) is 5.82 Å². The molecule has 0 spiro atoms. The minimum atomic E-state index is -0.0670. The summed E-state index contributed by atoms with van der Waals surface area (Å²) in [5.74, 6) is 1.41. The van der Waals surface area contributed by atoms with E-state index < -0.39 is 0 Å². The smallest absolute Gasteiger partial charge is 0.249 e. The molecule has 2 aliphatic heterocycles. The predicted octanol–water partition coefficient (Wildman–Crippen LogP) is 1.41. The Hall–Kier alpha value is -1.47. The lowest BCUT2D eigenvalue weighted by Crippen LogP contribution is -2.43. The molecule has 1 amide bonds. The number of aromatic nitrogens is 2. The molecule has 3 heterocycles. The first kappa shape index (κ1) is 16.4. The number of amides is 1. The zero-order valence-electron chi connectivity index (χ0n) is 13.9. The maximum absolute atomic E-state index is 12.7. The van der Waals surface area contributed by atoms with Crippen molar-refractivity contribution in [2.75, 3.05) is 39.9 Å². The highest BCUT2D eigenvalue weighted by molar-refractivity contribution is 5.78. The lowest BCUT2D eigenvalue weighted by atomic mass is 10.0. The third-order valence-electron chi connectivity index (χ3n) is 4.68. The van der Waals surface area contributed by atoms with Gasteiger partial charge in [-0.05, 0) is 45.2 Å². The van der Waals surface area contributed by atoms with Crippen molar-refractivity contribution < 1.29 is 14.1 Å². The predicted molar refractivity (Wildman–Crippen MR) is 83.9 cm³/mol. The summed E-state index contributed by atoms with van der Waals surface area (Å²) in [5.41, 5.74) is 0. The maximum Gasteiger partial charge on any atom is 0.249 e. The first-order valence-corrected chi connectivity index (χ1v) is 8.61. The highest BCUT2D eigenvalue weighted by Gasteiger charge is 2.32. The second-order valence-corrected chi connectivity index (χ2v) is 6.37. The van der Waals surface area contributed by atoms with Gasteiger partial charge in [0.2, 0.25) is 11.8 Å². The minimum Gasteiger partial charge on any atom is -0.384 e. The second-order valence-electron chi connectivity index (χ2n) is 6.37. The van der Waals surface area contributed by atoms with Crippen LogP contribution in [0.15, 0.2) is 4.52 Å². The van der Waals surface area contributed by atoms with E-state index in [0.717, 1.165) is 38.9 Å². The number of nitrogens with zero attached hydrogens (tertiary/aromatic N) is 4. The van der Waals surface area contributed by atoms with E-state index in [4.69, 9.17) is 9.26 Å². The molecule has 128 valence electrons. The van der Waals surface area contributed by atoms with E-state index in [1.165, 1.54) is 12.8 Å².